The van der Waals surface area contributed by atoms with Crippen LogP contribution in [0.25, 0.3) is 0 Å². The summed E-state index contributed by atoms with van der Waals surface area (Å²) in [4.78, 5) is 19.0. The van der Waals surface area contributed by atoms with Crippen LogP contribution in [0.2, 0.25) is 5.02 Å². The Kier molecular flexibility index (Phi) is 5.83. The molecule has 1 aliphatic heterocycles. The van der Waals surface area contributed by atoms with Crippen LogP contribution < -0.4 is 5.32 Å². The normalized spacial score (nSPS) is 16.0. The molecule has 1 saturated heterocycles. The molecule has 24 heavy (non-hydrogen) atoms. The maximum Gasteiger partial charge on any atom is 0.251 e. The van der Waals surface area contributed by atoms with Gasteiger partial charge in [-0.2, -0.15) is 0 Å². The highest BCUT2D eigenvalue weighted by Gasteiger charge is 2.20. The van der Waals surface area contributed by atoms with Gasteiger partial charge in [-0.15, -0.1) is 0 Å². The molecule has 1 N–H and O–H groups in total. The maximum atomic E-state index is 12.2. The number of amides is 1. The van der Waals surface area contributed by atoms with Gasteiger partial charge < -0.3 is 5.32 Å². The van der Waals surface area contributed by atoms with Gasteiger partial charge in [-0.05, 0) is 62.2 Å². The van der Waals surface area contributed by atoms with Gasteiger partial charge in [-0.1, -0.05) is 23.7 Å². The molecule has 4 nitrogen and oxygen atoms in total. The number of halogens is 1. The van der Waals surface area contributed by atoms with Gasteiger partial charge in [-0.3, -0.25) is 14.7 Å². The fraction of sp³-hybridized carbons (Fsp3) is 0.368. The van der Waals surface area contributed by atoms with Crippen LogP contribution in [0.5, 0.6) is 0 Å². The molecule has 5 heteroatoms. The number of aromatic nitrogens is 1. The van der Waals surface area contributed by atoms with Crippen molar-refractivity contribution >= 4 is 17.5 Å². The van der Waals surface area contributed by atoms with Gasteiger partial charge in [0.2, 0.25) is 0 Å². The molecule has 1 aliphatic rings. The molecule has 3 rings (SSSR count). The van der Waals surface area contributed by atoms with Crippen molar-refractivity contribution in [3.05, 3.63) is 64.9 Å². The van der Waals surface area contributed by atoms with E-state index in [1.807, 2.05) is 18.3 Å². The third kappa shape index (κ3) is 4.79. The average Bonchev–Trinajstić information content (AvgIpc) is 2.62. The number of piperidine rings is 1. The average molecular weight is 344 g/mol. The SMILES string of the molecule is O=C(NCC1CCN(Cc2ccccn2)CC1)c1cccc(Cl)c1. The molecule has 2 heterocycles. The van der Waals surface area contributed by atoms with Gasteiger partial charge in [0.15, 0.2) is 0 Å². The van der Waals surface area contributed by atoms with Crippen LogP contribution in [0, 0.1) is 5.92 Å². The molecule has 126 valence electrons. The summed E-state index contributed by atoms with van der Waals surface area (Å²) in [5, 5.41) is 3.62. The summed E-state index contributed by atoms with van der Waals surface area (Å²) in [6.45, 7) is 3.73. The monoisotopic (exact) mass is 343 g/mol. The standard InChI is InChI=1S/C19H22ClN3O/c20-17-5-3-4-16(12-17)19(24)22-13-15-7-10-23(11-8-15)14-18-6-1-2-9-21-18/h1-6,9,12,15H,7-8,10-11,13-14H2,(H,22,24). The van der Waals surface area contributed by atoms with Crippen molar-refractivity contribution in [3.63, 3.8) is 0 Å². The summed E-state index contributed by atoms with van der Waals surface area (Å²) in [6.07, 6.45) is 4.04. The Hall–Kier alpha value is -1.91. The Labute approximate surface area is 147 Å². The molecule has 0 saturated carbocycles. The number of nitrogens with zero attached hydrogens (tertiary/aromatic N) is 2. The lowest BCUT2D eigenvalue weighted by atomic mass is 9.96. The summed E-state index contributed by atoms with van der Waals surface area (Å²) >= 11 is 5.93. The van der Waals surface area contributed by atoms with E-state index >= 15 is 0 Å². The van der Waals surface area contributed by atoms with Crippen LogP contribution in [0.3, 0.4) is 0 Å². The van der Waals surface area contributed by atoms with Crippen LogP contribution in [0.15, 0.2) is 48.7 Å². The number of hydrogen-bond acceptors (Lipinski definition) is 3. The molecule has 1 amide bonds. The van der Waals surface area contributed by atoms with E-state index in [1.165, 1.54) is 0 Å². The van der Waals surface area contributed by atoms with Gasteiger partial charge in [0.1, 0.15) is 0 Å². The predicted octanol–water partition coefficient (Wildman–Crippen LogP) is 3.38. The zero-order valence-corrected chi connectivity index (χ0v) is 14.4. The van der Waals surface area contributed by atoms with Crippen LogP contribution in [-0.4, -0.2) is 35.4 Å². The molecule has 0 aliphatic carbocycles. The third-order valence-corrected chi connectivity index (χ3v) is 4.69. The number of benzene rings is 1. The Morgan fingerprint density at radius 1 is 1.21 bits per heavy atom. The molecular formula is C19H22ClN3O. The highest BCUT2D eigenvalue weighted by atomic mass is 35.5. The first-order chi connectivity index (χ1) is 11.7. The van der Waals surface area contributed by atoms with Crippen molar-refractivity contribution in [2.24, 2.45) is 5.92 Å². The highest BCUT2D eigenvalue weighted by Crippen LogP contribution is 2.18. The van der Waals surface area contributed by atoms with Crippen LogP contribution in [0.4, 0.5) is 0 Å². The molecule has 1 fully saturated rings. The summed E-state index contributed by atoms with van der Waals surface area (Å²) < 4.78 is 0. The summed E-state index contributed by atoms with van der Waals surface area (Å²) in [5.74, 6) is 0.488. The Morgan fingerprint density at radius 3 is 2.75 bits per heavy atom. The van der Waals surface area contributed by atoms with Crippen molar-refractivity contribution in [3.8, 4) is 0 Å². The lowest BCUT2D eigenvalue weighted by Gasteiger charge is -2.31. The second-order valence-electron chi connectivity index (χ2n) is 6.26. The molecule has 0 atom stereocenters. The minimum absolute atomic E-state index is 0.0478. The number of likely N-dealkylation sites (tertiary alicyclic amines) is 1. The molecule has 0 spiro atoms. The first kappa shape index (κ1) is 16.9. The number of hydrogen-bond donors (Lipinski definition) is 1. The second kappa shape index (κ2) is 8.27. The molecule has 2 aromatic rings. The van der Waals surface area contributed by atoms with E-state index in [0.717, 1.165) is 44.7 Å². The van der Waals surface area contributed by atoms with Gasteiger partial charge >= 0.3 is 0 Å². The minimum Gasteiger partial charge on any atom is -0.352 e. The summed E-state index contributed by atoms with van der Waals surface area (Å²) in [5.41, 5.74) is 1.74. The van der Waals surface area contributed by atoms with Crippen molar-refractivity contribution in [1.82, 2.24) is 15.2 Å². The van der Waals surface area contributed by atoms with Crippen molar-refractivity contribution in [1.29, 1.82) is 0 Å². The number of carbonyl (C=O) groups is 1. The predicted molar refractivity (Wildman–Crippen MR) is 96.0 cm³/mol. The lowest BCUT2D eigenvalue weighted by molar-refractivity contribution is 0.0935. The first-order valence-electron chi connectivity index (χ1n) is 8.37. The maximum absolute atomic E-state index is 12.2. The fourth-order valence-corrected chi connectivity index (χ4v) is 3.23. The second-order valence-corrected chi connectivity index (χ2v) is 6.70. The smallest absolute Gasteiger partial charge is 0.251 e. The zero-order valence-electron chi connectivity index (χ0n) is 13.6. The van der Waals surface area contributed by atoms with E-state index in [9.17, 15) is 4.79 Å². The quantitative estimate of drug-likeness (QED) is 0.905. The van der Waals surface area contributed by atoms with E-state index in [2.05, 4.69) is 21.3 Å². The summed E-state index contributed by atoms with van der Waals surface area (Å²) in [6, 6.07) is 13.1. The summed E-state index contributed by atoms with van der Waals surface area (Å²) in [7, 11) is 0. The Morgan fingerprint density at radius 2 is 2.04 bits per heavy atom. The number of rotatable bonds is 5. The van der Waals surface area contributed by atoms with Crippen molar-refractivity contribution < 1.29 is 4.79 Å². The van der Waals surface area contributed by atoms with Gasteiger partial charge in [0, 0.05) is 29.9 Å². The topological polar surface area (TPSA) is 45.2 Å². The van der Waals surface area contributed by atoms with E-state index in [1.54, 1.807) is 24.3 Å². The van der Waals surface area contributed by atoms with E-state index in [4.69, 9.17) is 11.6 Å². The Bertz CT molecular complexity index is 669. The van der Waals surface area contributed by atoms with Crippen LogP contribution >= 0.6 is 11.6 Å². The largest absolute Gasteiger partial charge is 0.352 e. The van der Waals surface area contributed by atoms with E-state index < -0.39 is 0 Å². The molecule has 0 radical (unpaired) electrons. The molecule has 0 bridgehead atoms. The molecule has 1 aromatic heterocycles. The number of nitrogens with one attached hydrogen (secondary N) is 1. The first-order valence-corrected chi connectivity index (χ1v) is 8.74. The van der Waals surface area contributed by atoms with Gasteiger partial charge in [-0.25, -0.2) is 0 Å². The van der Waals surface area contributed by atoms with Crippen molar-refractivity contribution in [2.45, 2.75) is 19.4 Å². The zero-order chi connectivity index (χ0) is 16.8. The van der Waals surface area contributed by atoms with Gasteiger partial charge in [0.25, 0.3) is 5.91 Å². The van der Waals surface area contributed by atoms with E-state index in [-0.39, 0.29) is 5.91 Å². The van der Waals surface area contributed by atoms with Crippen LogP contribution in [-0.2, 0) is 6.54 Å². The number of carbonyl (C=O) groups excluding carboxylic acids is 1. The fourth-order valence-electron chi connectivity index (χ4n) is 3.04. The molecular weight excluding hydrogens is 322 g/mol. The van der Waals surface area contributed by atoms with E-state index in [0.29, 0.717) is 16.5 Å². The van der Waals surface area contributed by atoms with Crippen molar-refractivity contribution in [2.75, 3.05) is 19.6 Å². The molecule has 0 unspecified atom stereocenters. The van der Waals surface area contributed by atoms with Crippen LogP contribution in [0.1, 0.15) is 28.9 Å². The lowest BCUT2D eigenvalue weighted by Crippen LogP contribution is -2.38. The third-order valence-electron chi connectivity index (χ3n) is 4.46. The number of pyridine rings is 1. The highest BCUT2D eigenvalue weighted by molar-refractivity contribution is 6.30. The Balaban J connectivity index is 1.42. The molecule has 1 aromatic carbocycles. The minimum atomic E-state index is -0.0478. The van der Waals surface area contributed by atoms with Gasteiger partial charge in [0.05, 0.1) is 5.69 Å².